The maximum atomic E-state index is 11.8. The number of ether oxygens (including phenoxy) is 1. The number of H-pyrrole nitrogens is 1. The smallest absolute Gasteiger partial charge is 0.402 e. The first-order valence-electron chi connectivity index (χ1n) is 8.04. The van der Waals surface area contributed by atoms with Gasteiger partial charge in [0.05, 0.1) is 13.3 Å². The Balaban J connectivity index is 0.00000210. The van der Waals surface area contributed by atoms with E-state index in [4.69, 9.17) is 4.74 Å². The maximum Gasteiger partial charge on any atom is 0.402 e. The Bertz CT molecular complexity index is 1120. The van der Waals surface area contributed by atoms with E-state index in [1.807, 2.05) is 47.3 Å². The van der Waals surface area contributed by atoms with E-state index in [1.54, 1.807) is 19.2 Å². The van der Waals surface area contributed by atoms with Gasteiger partial charge < -0.3 is 38.4 Å². The quantitative estimate of drug-likeness (QED) is 0.312. The first-order valence-corrected chi connectivity index (χ1v) is 8.04. The summed E-state index contributed by atoms with van der Waals surface area (Å²) in [6, 6.07) is 11.5. The number of imidazole rings is 1. The van der Waals surface area contributed by atoms with Crippen LogP contribution in [0.1, 0.15) is 16.1 Å². The number of aromatic amines is 1. The van der Waals surface area contributed by atoms with Crippen LogP contribution < -0.4 is 33.3 Å². The molecule has 0 saturated heterocycles. The molecule has 7 nitrogen and oxygen atoms in total. The fraction of sp³-hybridized carbons (Fsp3) is 0.105. The van der Waals surface area contributed by atoms with Crippen molar-refractivity contribution in [2.45, 2.75) is 6.92 Å². The number of rotatable bonds is 4. The van der Waals surface area contributed by atoms with Crippen LogP contribution in [0.25, 0.3) is 22.7 Å². The molecule has 0 aliphatic rings. The zero-order chi connectivity index (χ0) is 18.3. The fourth-order valence-corrected chi connectivity index (χ4v) is 3.07. The largest absolute Gasteiger partial charge is 1.00 e. The molecule has 4 aromatic rings. The summed E-state index contributed by atoms with van der Waals surface area (Å²) >= 11 is 0. The highest BCUT2D eigenvalue weighted by Crippen LogP contribution is 2.21. The Morgan fingerprint density at radius 1 is 1.26 bits per heavy atom. The highest BCUT2D eigenvalue weighted by Gasteiger charge is 2.25. The summed E-state index contributed by atoms with van der Waals surface area (Å²) in [4.78, 5) is 19.5. The number of hydrogen-bond donors (Lipinski definition) is 2. The van der Waals surface area contributed by atoms with Gasteiger partial charge in [-0.25, -0.2) is 9.78 Å². The summed E-state index contributed by atoms with van der Waals surface area (Å²) in [6.45, 7) is 1.71. The van der Waals surface area contributed by atoms with E-state index in [0.717, 1.165) is 16.7 Å². The third kappa shape index (κ3) is 3.27. The van der Waals surface area contributed by atoms with Gasteiger partial charge in [0.15, 0.2) is 11.2 Å². The Hall–Kier alpha value is -2.88. The van der Waals surface area contributed by atoms with Crippen molar-refractivity contribution < 1.29 is 43.2 Å². The molecule has 0 aliphatic carbocycles. The van der Waals surface area contributed by atoms with Crippen LogP contribution in [0.3, 0.4) is 0 Å². The SMILES string of the molecule is COc1cc[n+](-c2nc3ccc(-n4cccc4)cc3[nH]2)c(C(=O)O)c1C.[I-]. The summed E-state index contributed by atoms with van der Waals surface area (Å²) in [6.07, 6.45) is 5.56. The number of pyridine rings is 1. The molecule has 0 amide bonds. The van der Waals surface area contributed by atoms with E-state index in [1.165, 1.54) is 11.7 Å². The van der Waals surface area contributed by atoms with Crippen molar-refractivity contribution in [2.24, 2.45) is 0 Å². The summed E-state index contributed by atoms with van der Waals surface area (Å²) in [7, 11) is 1.52. The van der Waals surface area contributed by atoms with Gasteiger partial charge in [-0.3, -0.25) is 0 Å². The fourth-order valence-electron chi connectivity index (χ4n) is 3.07. The van der Waals surface area contributed by atoms with Crippen molar-refractivity contribution in [3.05, 3.63) is 66.2 Å². The van der Waals surface area contributed by atoms with Crippen LogP contribution in [0.2, 0.25) is 0 Å². The lowest BCUT2D eigenvalue weighted by atomic mass is 10.2. The van der Waals surface area contributed by atoms with Crippen molar-refractivity contribution >= 4 is 17.0 Å². The zero-order valence-corrected chi connectivity index (χ0v) is 16.8. The van der Waals surface area contributed by atoms with Crippen molar-refractivity contribution in [3.63, 3.8) is 0 Å². The number of halogens is 1. The molecule has 4 rings (SSSR count). The minimum absolute atomic E-state index is 0. The lowest BCUT2D eigenvalue weighted by molar-refractivity contribution is -0.606. The number of fused-ring (bicyclic) bond motifs is 1. The number of nitrogens with one attached hydrogen (secondary N) is 1. The minimum Gasteiger partial charge on any atom is -1.00 e. The van der Waals surface area contributed by atoms with Crippen LogP contribution in [-0.2, 0) is 0 Å². The Morgan fingerprint density at radius 2 is 2.00 bits per heavy atom. The summed E-state index contributed by atoms with van der Waals surface area (Å²) < 4.78 is 8.75. The van der Waals surface area contributed by atoms with Crippen molar-refractivity contribution in [3.8, 4) is 17.4 Å². The van der Waals surface area contributed by atoms with Gasteiger partial charge in [0.2, 0.25) is 0 Å². The predicted octanol–water partition coefficient (Wildman–Crippen LogP) is -0.350. The molecule has 0 fully saturated rings. The number of aromatic nitrogens is 4. The van der Waals surface area contributed by atoms with Crippen molar-refractivity contribution in [2.75, 3.05) is 7.11 Å². The lowest BCUT2D eigenvalue weighted by Crippen LogP contribution is -3.00. The molecule has 0 atom stereocenters. The number of nitrogens with zero attached hydrogens (tertiary/aromatic N) is 3. The molecule has 0 unspecified atom stereocenters. The normalized spacial score (nSPS) is 10.6. The number of carboxylic acids is 1. The lowest BCUT2D eigenvalue weighted by Gasteiger charge is -2.09. The van der Waals surface area contributed by atoms with Crippen LogP contribution >= 0.6 is 0 Å². The van der Waals surface area contributed by atoms with Gasteiger partial charge in [-0.1, -0.05) is 4.98 Å². The van der Waals surface area contributed by atoms with Crippen molar-refractivity contribution in [1.82, 2.24) is 14.5 Å². The maximum absolute atomic E-state index is 11.8. The second-order valence-corrected chi connectivity index (χ2v) is 5.89. The second-order valence-electron chi connectivity index (χ2n) is 5.89. The topological polar surface area (TPSA) is 84.0 Å². The Labute approximate surface area is 172 Å². The van der Waals surface area contributed by atoms with E-state index in [2.05, 4.69) is 9.97 Å². The second kappa shape index (κ2) is 7.39. The van der Waals surface area contributed by atoms with E-state index in [0.29, 0.717) is 17.3 Å². The number of aromatic carboxylic acids is 1. The van der Waals surface area contributed by atoms with Crippen molar-refractivity contribution in [1.29, 1.82) is 0 Å². The number of methoxy groups -OCH3 is 1. The van der Waals surface area contributed by atoms with Gasteiger partial charge in [-0.2, -0.15) is 4.57 Å². The highest BCUT2D eigenvalue weighted by molar-refractivity contribution is 5.86. The highest BCUT2D eigenvalue weighted by atomic mass is 127. The van der Waals surface area contributed by atoms with E-state index < -0.39 is 5.97 Å². The van der Waals surface area contributed by atoms with Gasteiger partial charge >= 0.3 is 11.9 Å². The zero-order valence-electron chi connectivity index (χ0n) is 14.7. The molecule has 3 aromatic heterocycles. The Morgan fingerprint density at radius 3 is 2.67 bits per heavy atom. The van der Waals surface area contributed by atoms with Gasteiger partial charge in [-0.15, -0.1) is 0 Å². The third-order valence-corrected chi connectivity index (χ3v) is 4.35. The van der Waals surface area contributed by atoms with Gasteiger partial charge in [0.1, 0.15) is 11.3 Å². The summed E-state index contributed by atoms with van der Waals surface area (Å²) in [5.41, 5.74) is 3.22. The molecule has 1 aromatic carbocycles. The van der Waals surface area contributed by atoms with Gasteiger partial charge in [0.25, 0.3) is 0 Å². The molecule has 8 heteroatoms. The molecule has 3 heterocycles. The number of hydrogen-bond acceptors (Lipinski definition) is 3. The third-order valence-electron chi connectivity index (χ3n) is 4.35. The predicted molar refractivity (Wildman–Crippen MR) is 95.2 cm³/mol. The molecule has 0 aliphatic heterocycles. The number of benzene rings is 1. The number of carbonyl (C=O) groups is 1. The van der Waals surface area contributed by atoms with Crippen LogP contribution in [-0.4, -0.2) is 32.7 Å². The standard InChI is InChI=1S/C19H16N4O3.HI/c1-12-16(26-2)7-10-23(17(12)18(24)25)19-20-14-6-5-13(11-15(14)21-19)22-8-3-4-9-22;/h3-11H,1-2H3,(H-,20,21,24,25);1H. The van der Waals surface area contributed by atoms with Crippen LogP contribution in [0.4, 0.5) is 0 Å². The molecular formula is C19H17IN4O3. The summed E-state index contributed by atoms with van der Waals surface area (Å²) in [5.74, 6) is -0.0904. The molecule has 2 N–H and O–H groups in total. The summed E-state index contributed by atoms with van der Waals surface area (Å²) in [5, 5.41) is 9.65. The molecule has 27 heavy (non-hydrogen) atoms. The average Bonchev–Trinajstić information content (AvgIpc) is 3.29. The molecule has 0 radical (unpaired) electrons. The van der Waals surface area contributed by atoms with E-state index in [9.17, 15) is 9.90 Å². The first kappa shape index (κ1) is 18.9. The monoisotopic (exact) mass is 476 g/mol. The molecular weight excluding hydrogens is 459 g/mol. The van der Waals surface area contributed by atoms with E-state index >= 15 is 0 Å². The van der Waals surface area contributed by atoms with Gasteiger partial charge in [0, 0.05) is 35.8 Å². The molecule has 0 bridgehead atoms. The van der Waals surface area contributed by atoms with Crippen LogP contribution in [0, 0.1) is 6.92 Å². The minimum atomic E-state index is -1.05. The van der Waals surface area contributed by atoms with Gasteiger partial charge in [-0.05, 0) is 31.2 Å². The molecule has 0 spiro atoms. The number of carboxylic acid groups (broad SMARTS) is 1. The van der Waals surface area contributed by atoms with E-state index in [-0.39, 0.29) is 29.7 Å². The molecule has 138 valence electrons. The van der Waals surface area contributed by atoms with Crippen LogP contribution in [0.5, 0.6) is 5.75 Å². The Kier molecular flexibility index (Phi) is 5.17. The molecule has 0 saturated carbocycles. The average molecular weight is 476 g/mol. The van der Waals surface area contributed by atoms with Crippen LogP contribution in [0.15, 0.2) is 55.0 Å². The first-order chi connectivity index (χ1) is 12.6.